The first-order valence-electron chi connectivity index (χ1n) is 5.69. The molecule has 18 heavy (non-hydrogen) atoms. The molecule has 2 aromatic carbocycles. The summed E-state index contributed by atoms with van der Waals surface area (Å²) in [6, 6.07) is 10.0. The van der Waals surface area contributed by atoms with Gasteiger partial charge in [-0.2, -0.15) is 0 Å². The fourth-order valence-electron chi connectivity index (χ4n) is 1.81. The Hall–Kier alpha value is -1.38. The number of hydrogen-bond donors (Lipinski definition) is 1. The number of aliphatic hydroxyl groups is 1. The number of rotatable bonds is 2. The lowest BCUT2D eigenvalue weighted by molar-refractivity contribution is 0.215. The molecule has 1 unspecified atom stereocenters. The molecule has 0 spiro atoms. The highest BCUT2D eigenvalue weighted by Crippen LogP contribution is 2.28. The standard InChI is InChI=1S/C15H14ClFO/c1-9-3-6-12(14(17)7-9)15(18)11-5-4-10(2)13(16)8-11/h3-8,15,18H,1-2H3. The lowest BCUT2D eigenvalue weighted by Gasteiger charge is -2.14. The third kappa shape index (κ3) is 2.55. The predicted octanol–water partition coefficient (Wildman–Crippen LogP) is 4.18. The quantitative estimate of drug-likeness (QED) is 0.863. The van der Waals surface area contributed by atoms with E-state index in [0.29, 0.717) is 10.6 Å². The van der Waals surface area contributed by atoms with Gasteiger partial charge in [-0.3, -0.25) is 0 Å². The van der Waals surface area contributed by atoms with Crippen molar-refractivity contribution in [2.75, 3.05) is 0 Å². The summed E-state index contributed by atoms with van der Waals surface area (Å²) in [4.78, 5) is 0. The van der Waals surface area contributed by atoms with Crippen LogP contribution < -0.4 is 0 Å². The van der Waals surface area contributed by atoms with E-state index in [9.17, 15) is 9.50 Å². The number of hydrogen-bond acceptors (Lipinski definition) is 1. The van der Waals surface area contributed by atoms with E-state index in [1.54, 1.807) is 24.3 Å². The Kier molecular flexibility index (Phi) is 3.69. The molecule has 0 radical (unpaired) electrons. The topological polar surface area (TPSA) is 20.2 Å². The molecule has 0 aliphatic rings. The van der Waals surface area contributed by atoms with Crippen LogP contribution >= 0.6 is 11.6 Å². The highest BCUT2D eigenvalue weighted by molar-refractivity contribution is 6.31. The van der Waals surface area contributed by atoms with E-state index in [0.717, 1.165) is 11.1 Å². The first-order chi connectivity index (χ1) is 8.49. The molecular weight excluding hydrogens is 251 g/mol. The maximum Gasteiger partial charge on any atom is 0.129 e. The van der Waals surface area contributed by atoms with Crippen LogP contribution in [-0.4, -0.2) is 5.11 Å². The van der Waals surface area contributed by atoms with Crippen molar-refractivity contribution in [1.29, 1.82) is 0 Å². The maximum absolute atomic E-state index is 13.8. The van der Waals surface area contributed by atoms with E-state index in [1.807, 2.05) is 19.9 Å². The van der Waals surface area contributed by atoms with Gasteiger partial charge in [0.05, 0.1) is 0 Å². The molecule has 1 atom stereocenters. The van der Waals surface area contributed by atoms with Crippen LogP contribution in [0.2, 0.25) is 5.02 Å². The summed E-state index contributed by atoms with van der Waals surface area (Å²) >= 11 is 6.01. The monoisotopic (exact) mass is 264 g/mol. The number of benzene rings is 2. The van der Waals surface area contributed by atoms with Crippen LogP contribution in [-0.2, 0) is 0 Å². The average Bonchev–Trinajstić information content (AvgIpc) is 2.32. The average molecular weight is 265 g/mol. The van der Waals surface area contributed by atoms with Gasteiger partial charge in [-0.1, -0.05) is 35.9 Å². The van der Waals surface area contributed by atoms with Gasteiger partial charge in [-0.15, -0.1) is 0 Å². The number of aliphatic hydroxyl groups excluding tert-OH is 1. The maximum atomic E-state index is 13.8. The second kappa shape index (κ2) is 5.09. The van der Waals surface area contributed by atoms with Gasteiger partial charge in [0.2, 0.25) is 0 Å². The van der Waals surface area contributed by atoms with Crippen LogP contribution in [0, 0.1) is 19.7 Å². The smallest absolute Gasteiger partial charge is 0.129 e. The summed E-state index contributed by atoms with van der Waals surface area (Å²) in [7, 11) is 0. The van der Waals surface area contributed by atoms with E-state index >= 15 is 0 Å². The largest absolute Gasteiger partial charge is 0.384 e. The van der Waals surface area contributed by atoms with Crippen molar-refractivity contribution in [1.82, 2.24) is 0 Å². The summed E-state index contributed by atoms with van der Waals surface area (Å²) in [5.74, 6) is -0.404. The normalized spacial score (nSPS) is 12.5. The van der Waals surface area contributed by atoms with Crippen LogP contribution in [0.4, 0.5) is 4.39 Å². The van der Waals surface area contributed by atoms with Crippen LogP contribution in [0.3, 0.4) is 0 Å². The summed E-state index contributed by atoms with van der Waals surface area (Å²) in [6.45, 7) is 3.69. The minimum absolute atomic E-state index is 0.264. The highest BCUT2D eigenvalue weighted by Gasteiger charge is 2.15. The van der Waals surface area contributed by atoms with Gasteiger partial charge >= 0.3 is 0 Å². The molecule has 0 fully saturated rings. The lowest BCUT2D eigenvalue weighted by Crippen LogP contribution is -2.03. The molecular formula is C15H14ClFO. The molecule has 94 valence electrons. The Labute approximate surface area is 111 Å². The van der Waals surface area contributed by atoms with Crippen LogP contribution in [0.5, 0.6) is 0 Å². The Balaban J connectivity index is 2.41. The van der Waals surface area contributed by atoms with Gasteiger partial charge in [-0.05, 0) is 42.7 Å². The second-order valence-electron chi connectivity index (χ2n) is 4.44. The van der Waals surface area contributed by atoms with Gasteiger partial charge in [0, 0.05) is 10.6 Å². The lowest BCUT2D eigenvalue weighted by atomic mass is 9.99. The number of halogens is 2. The Morgan fingerprint density at radius 1 is 1.11 bits per heavy atom. The molecule has 0 heterocycles. The molecule has 1 nitrogen and oxygen atoms in total. The molecule has 3 heteroatoms. The van der Waals surface area contributed by atoms with Crippen molar-refractivity contribution >= 4 is 11.6 Å². The molecule has 0 amide bonds. The van der Waals surface area contributed by atoms with E-state index in [2.05, 4.69) is 0 Å². The third-order valence-corrected chi connectivity index (χ3v) is 3.37. The fraction of sp³-hybridized carbons (Fsp3) is 0.200. The summed E-state index contributed by atoms with van der Waals surface area (Å²) in [5, 5.41) is 10.7. The SMILES string of the molecule is Cc1ccc(C(O)c2ccc(C)c(Cl)c2)c(F)c1. The molecule has 0 aliphatic carbocycles. The minimum atomic E-state index is -0.997. The molecule has 0 saturated heterocycles. The zero-order valence-electron chi connectivity index (χ0n) is 10.2. The van der Waals surface area contributed by atoms with Crippen molar-refractivity contribution in [2.24, 2.45) is 0 Å². The van der Waals surface area contributed by atoms with E-state index in [4.69, 9.17) is 11.6 Å². The molecule has 0 aromatic heterocycles. The minimum Gasteiger partial charge on any atom is -0.384 e. The summed E-state index contributed by atoms with van der Waals surface area (Å²) in [6.07, 6.45) is -0.997. The molecule has 2 aromatic rings. The van der Waals surface area contributed by atoms with E-state index < -0.39 is 11.9 Å². The van der Waals surface area contributed by atoms with Crippen LogP contribution in [0.1, 0.15) is 28.4 Å². The zero-order chi connectivity index (χ0) is 13.3. The first-order valence-corrected chi connectivity index (χ1v) is 6.07. The highest BCUT2D eigenvalue weighted by atomic mass is 35.5. The van der Waals surface area contributed by atoms with Crippen molar-refractivity contribution in [2.45, 2.75) is 20.0 Å². The summed E-state index contributed by atoms with van der Waals surface area (Å²) in [5.41, 5.74) is 2.61. The van der Waals surface area contributed by atoms with Crippen molar-refractivity contribution in [3.05, 3.63) is 69.5 Å². The Morgan fingerprint density at radius 2 is 1.83 bits per heavy atom. The van der Waals surface area contributed by atoms with Gasteiger partial charge in [-0.25, -0.2) is 4.39 Å². The summed E-state index contributed by atoms with van der Waals surface area (Å²) < 4.78 is 13.8. The molecule has 0 saturated carbocycles. The fourth-order valence-corrected chi connectivity index (χ4v) is 2.00. The van der Waals surface area contributed by atoms with Gasteiger partial charge < -0.3 is 5.11 Å². The van der Waals surface area contributed by atoms with Gasteiger partial charge in [0.25, 0.3) is 0 Å². The van der Waals surface area contributed by atoms with Crippen molar-refractivity contribution in [3.63, 3.8) is 0 Å². The van der Waals surface area contributed by atoms with E-state index in [1.165, 1.54) is 6.07 Å². The third-order valence-electron chi connectivity index (χ3n) is 2.96. The first kappa shape index (κ1) is 13.1. The Morgan fingerprint density at radius 3 is 2.44 bits per heavy atom. The van der Waals surface area contributed by atoms with E-state index in [-0.39, 0.29) is 5.56 Å². The molecule has 0 aliphatic heterocycles. The van der Waals surface area contributed by atoms with Crippen molar-refractivity contribution in [3.8, 4) is 0 Å². The Bertz CT molecular complexity index is 581. The molecule has 1 N–H and O–H groups in total. The predicted molar refractivity (Wildman–Crippen MR) is 71.4 cm³/mol. The van der Waals surface area contributed by atoms with Gasteiger partial charge in [0.1, 0.15) is 11.9 Å². The zero-order valence-corrected chi connectivity index (χ0v) is 11.0. The van der Waals surface area contributed by atoms with Crippen molar-refractivity contribution < 1.29 is 9.50 Å². The molecule has 2 rings (SSSR count). The van der Waals surface area contributed by atoms with Gasteiger partial charge in [0.15, 0.2) is 0 Å². The van der Waals surface area contributed by atoms with Crippen LogP contribution in [0.15, 0.2) is 36.4 Å². The van der Waals surface area contributed by atoms with Crippen LogP contribution in [0.25, 0.3) is 0 Å². The molecule has 0 bridgehead atoms. The second-order valence-corrected chi connectivity index (χ2v) is 4.84. The number of aryl methyl sites for hydroxylation is 2.